The van der Waals surface area contributed by atoms with Gasteiger partial charge in [0.1, 0.15) is 17.0 Å². The monoisotopic (exact) mass is 358 g/mol. The highest BCUT2D eigenvalue weighted by Gasteiger charge is 2.24. The van der Waals surface area contributed by atoms with Gasteiger partial charge in [-0.2, -0.15) is 0 Å². The van der Waals surface area contributed by atoms with Crippen molar-refractivity contribution < 1.29 is 19.1 Å². The summed E-state index contributed by atoms with van der Waals surface area (Å²) in [6.07, 6.45) is 4.58. The molecule has 0 spiro atoms. The van der Waals surface area contributed by atoms with Crippen LogP contribution in [-0.2, 0) is 17.6 Å². The Morgan fingerprint density at radius 1 is 1.20 bits per heavy atom. The minimum Gasteiger partial charge on any atom is -0.484 e. The van der Waals surface area contributed by atoms with Crippen LogP contribution < -0.4 is 15.8 Å². The number of benzene rings is 1. The van der Waals surface area contributed by atoms with Crippen LogP contribution in [0.5, 0.6) is 5.75 Å². The van der Waals surface area contributed by atoms with Gasteiger partial charge in [-0.25, -0.2) is 0 Å². The molecule has 1 aromatic heterocycles. The lowest BCUT2D eigenvalue weighted by molar-refractivity contribution is -0.118. The number of aldehydes is 1. The number of nitrogens with two attached hydrogens (primary N) is 1. The molecule has 2 aromatic rings. The number of amides is 2. The van der Waals surface area contributed by atoms with Crippen LogP contribution in [0, 0.1) is 0 Å². The van der Waals surface area contributed by atoms with Crippen LogP contribution in [0.3, 0.4) is 0 Å². The summed E-state index contributed by atoms with van der Waals surface area (Å²) >= 11 is 1.42. The van der Waals surface area contributed by atoms with E-state index in [1.165, 1.54) is 11.3 Å². The van der Waals surface area contributed by atoms with Crippen LogP contribution in [0.25, 0.3) is 0 Å². The van der Waals surface area contributed by atoms with E-state index in [1.807, 2.05) is 0 Å². The standard InChI is InChI=1S/C18H18N2O4S/c19-17(23)16-13-3-1-2-4-14(13)25-18(16)20-15(22)10-24-12-7-5-11(9-21)6-8-12/h5-9H,1-4,10H2,(H2,19,23)(H,20,22). The smallest absolute Gasteiger partial charge is 0.262 e. The Kier molecular flexibility index (Phi) is 5.14. The van der Waals surface area contributed by atoms with Crippen molar-refractivity contribution >= 4 is 34.4 Å². The van der Waals surface area contributed by atoms with Gasteiger partial charge in [-0.05, 0) is 55.5 Å². The Morgan fingerprint density at radius 2 is 1.92 bits per heavy atom. The molecule has 130 valence electrons. The van der Waals surface area contributed by atoms with Crippen LogP contribution in [0.1, 0.15) is 44.0 Å². The molecule has 1 aliphatic carbocycles. The van der Waals surface area contributed by atoms with E-state index in [-0.39, 0.29) is 12.5 Å². The number of carbonyl (C=O) groups excluding carboxylic acids is 3. The number of hydrogen-bond acceptors (Lipinski definition) is 5. The molecule has 0 saturated carbocycles. The van der Waals surface area contributed by atoms with Gasteiger partial charge in [0.25, 0.3) is 11.8 Å². The molecule has 0 unspecified atom stereocenters. The normalized spacial score (nSPS) is 13.0. The summed E-state index contributed by atoms with van der Waals surface area (Å²) in [6.45, 7) is -0.193. The summed E-state index contributed by atoms with van der Waals surface area (Å²) in [4.78, 5) is 35.7. The van der Waals surface area contributed by atoms with Crippen molar-refractivity contribution in [3.8, 4) is 5.75 Å². The number of nitrogens with one attached hydrogen (secondary N) is 1. The highest BCUT2D eigenvalue weighted by molar-refractivity contribution is 7.17. The molecule has 25 heavy (non-hydrogen) atoms. The van der Waals surface area contributed by atoms with Gasteiger partial charge in [-0.3, -0.25) is 14.4 Å². The lowest BCUT2D eigenvalue weighted by atomic mass is 9.95. The highest BCUT2D eigenvalue weighted by atomic mass is 32.1. The van der Waals surface area contributed by atoms with Crippen molar-refractivity contribution in [3.63, 3.8) is 0 Å². The molecular formula is C18H18N2O4S. The van der Waals surface area contributed by atoms with Gasteiger partial charge >= 0.3 is 0 Å². The summed E-state index contributed by atoms with van der Waals surface area (Å²) in [7, 11) is 0. The Balaban J connectivity index is 1.67. The van der Waals surface area contributed by atoms with Gasteiger partial charge in [0.05, 0.1) is 5.56 Å². The molecule has 0 radical (unpaired) electrons. The molecule has 0 saturated heterocycles. The highest BCUT2D eigenvalue weighted by Crippen LogP contribution is 2.37. The van der Waals surface area contributed by atoms with E-state index in [0.717, 1.165) is 42.4 Å². The van der Waals surface area contributed by atoms with Crippen molar-refractivity contribution in [2.45, 2.75) is 25.7 Å². The van der Waals surface area contributed by atoms with Crippen molar-refractivity contribution in [1.82, 2.24) is 0 Å². The van der Waals surface area contributed by atoms with Crippen LogP contribution in [0.15, 0.2) is 24.3 Å². The first kappa shape index (κ1) is 17.2. The number of thiophene rings is 1. The van der Waals surface area contributed by atoms with Crippen LogP contribution in [0.4, 0.5) is 5.00 Å². The fourth-order valence-corrected chi connectivity index (χ4v) is 4.18. The number of rotatable bonds is 6. The van der Waals surface area contributed by atoms with Crippen molar-refractivity contribution in [3.05, 3.63) is 45.8 Å². The van der Waals surface area contributed by atoms with Gasteiger partial charge in [0.15, 0.2) is 6.61 Å². The number of aryl methyl sites for hydroxylation is 1. The summed E-state index contributed by atoms with van der Waals surface area (Å²) < 4.78 is 5.40. The van der Waals surface area contributed by atoms with Gasteiger partial charge in [-0.1, -0.05) is 0 Å². The fourth-order valence-electron chi connectivity index (χ4n) is 2.87. The lowest BCUT2D eigenvalue weighted by Gasteiger charge is -2.11. The Hall–Kier alpha value is -2.67. The summed E-state index contributed by atoms with van der Waals surface area (Å²) in [5, 5.41) is 3.24. The van der Waals surface area contributed by atoms with E-state index in [9.17, 15) is 14.4 Å². The van der Waals surface area contributed by atoms with E-state index >= 15 is 0 Å². The number of anilines is 1. The first-order valence-electron chi connectivity index (χ1n) is 8.00. The first-order valence-corrected chi connectivity index (χ1v) is 8.82. The first-order chi connectivity index (χ1) is 12.1. The number of hydrogen-bond donors (Lipinski definition) is 2. The van der Waals surface area contributed by atoms with Crippen molar-refractivity contribution in [2.75, 3.05) is 11.9 Å². The van der Waals surface area contributed by atoms with Crippen molar-refractivity contribution in [1.29, 1.82) is 0 Å². The van der Waals surface area contributed by atoms with Gasteiger partial charge in [0, 0.05) is 10.4 Å². The number of carbonyl (C=O) groups is 3. The third-order valence-corrected chi connectivity index (χ3v) is 5.26. The molecule has 3 rings (SSSR count). The van der Waals surface area contributed by atoms with Crippen LogP contribution in [0.2, 0.25) is 0 Å². The largest absolute Gasteiger partial charge is 0.484 e. The Bertz CT molecular complexity index is 811. The molecule has 1 aliphatic rings. The van der Waals surface area contributed by atoms with E-state index in [0.29, 0.717) is 21.9 Å². The van der Waals surface area contributed by atoms with Gasteiger partial charge < -0.3 is 15.8 Å². The minimum atomic E-state index is -0.514. The average molecular weight is 358 g/mol. The molecule has 1 aromatic carbocycles. The second kappa shape index (κ2) is 7.48. The molecule has 0 bridgehead atoms. The van der Waals surface area contributed by atoms with Crippen molar-refractivity contribution in [2.24, 2.45) is 5.73 Å². The Morgan fingerprint density at radius 3 is 2.60 bits per heavy atom. The van der Waals surface area contributed by atoms with Crippen LogP contribution >= 0.6 is 11.3 Å². The zero-order chi connectivity index (χ0) is 17.8. The molecule has 3 N–H and O–H groups in total. The Labute approximate surface area is 149 Å². The van der Waals surface area contributed by atoms with E-state index in [1.54, 1.807) is 24.3 Å². The second-order valence-corrected chi connectivity index (χ2v) is 6.91. The lowest BCUT2D eigenvalue weighted by Crippen LogP contribution is -2.22. The van der Waals surface area contributed by atoms with Crippen LogP contribution in [-0.4, -0.2) is 24.7 Å². The van der Waals surface area contributed by atoms with Gasteiger partial charge in [0.2, 0.25) is 0 Å². The maximum atomic E-state index is 12.2. The third kappa shape index (κ3) is 3.88. The maximum Gasteiger partial charge on any atom is 0.262 e. The molecule has 1 heterocycles. The topological polar surface area (TPSA) is 98.5 Å². The zero-order valence-corrected chi connectivity index (χ0v) is 14.4. The molecule has 7 heteroatoms. The SMILES string of the molecule is NC(=O)c1c(NC(=O)COc2ccc(C=O)cc2)sc2c1CCCC2. The number of primary amides is 1. The summed E-state index contributed by atoms with van der Waals surface area (Å²) in [5.74, 6) is -0.387. The molecule has 6 nitrogen and oxygen atoms in total. The molecule has 0 fully saturated rings. The number of ether oxygens (including phenoxy) is 1. The van der Waals surface area contributed by atoms with E-state index < -0.39 is 5.91 Å². The summed E-state index contributed by atoms with van der Waals surface area (Å²) in [5.41, 5.74) is 7.45. The summed E-state index contributed by atoms with van der Waals surface area (Å²) in [6, 6.07) is 6.46. The zero-order valence-electron chi connectivity index (χ0n) is 13.5. The van der Waals surface area contributed by atoms with E-state index in [4.69, 9.17) is 10.5 Å². The molecule has 0 aliphatic heterocycles. The third-order valence-electron chi connectivity index (χ3n) is 4.06. The quantitative estimate of drug-likeness (QED) is 0.775. The number of fused-ring (bicyclic) bond motifs is 1. The van der Waals surface area contributed by atoms with E-state index in [2.05, 4.69) is 5.32 Å². The van der Waals surface area contributed by atoms with Gasteiger partial charge in [-0.15, -0.1) is 11.3 Å². The second-order valence-electron chi connectivity index (χ2n) is 5.80. The maximum absolute atomic E-state index is 12.2. The average Bonchev–Trinajstić information content (AvgIpc) is 2.98. The molecule has 2 amide bonds. The molecule has 0 atom stereocenters. The minimum absolute atomic E-state index is 0.193. The molecular weight excluding hydrogens is 340 g/mol. The predicted octanol–water partition coefficient (Wildman–Crippen LogP) is 2.56. The predicted molar refractivity (Wildman–Crippen MR) is 95.4 cm³/mol. The fraction of sp³-hybridized carbons (Fsp3) is 0.278.